The normalized spacial score (nSPS) is 15.6. The maximum Gasteiger partial charge on any atom is 0.255 e. The van der Waals surface area contributed by atoms with Crippen molar-refractivity contribution < 1.29 is 14.3 Å². The number of ether oxygens (including phenoxy) is 1. The first-order valence-electron chi connectivity index (χ1n) is 7.56. The Morgan fingerprint density at radius 3 is 2.64 bits per heavy atom. The molecule has 1 aromatic carbocycles. The highest BCUT2D eigenvalue weighted by Crippen LogP contribution is 2.20. The molecule has 22 heavy (non-hydrogen) atoms. The minimum atomic E-state index is -0.318. The lowest BCUT2D eigenvalue weighted by Crippen LogP contribution is -2.30. The molecule has 0 saturated carbocycles. The highest BCUT2D eigenvalue weighted by Gasteiger charge is 2.22. The minimum absolute atomic E-state index is 0.0319. The highest BCUT2D eigenvalue weighted by molar-refractivity contribution is 6.03. The summed E-state index contributed by atoms with van der Waals surface area (Å²) in [5, 5.41) is 2.79. The second-order valence-corrected chi connectivity index (χ2v) is 5.39. The topological polar surface area (TPSA) is 84.7 Å². The molecule has 1 unspecified atom stereocenters. The van der Waals surface area contributed by atoms with Crippen molar-refractivity contribution in [1.29, 1.82) is 0 Å². The van der Waals surface area contributed by atoms with E-state index in [2.05, 4.69) is 5.32 Å². The van der Waals surface area contributed by atoms with Gasteiger partial charge in [-0.05, 0) is 25.0 Å². The van der Waals surface area contributed by atoms with Gasteiger partial charge in [-0.1, -0.05) is 12.1 Å². The maximum atomic E-state index is 12.5. The number of methoxy groups -OCH3 is 1. The van der Waals surface area contributed by atoms with E-state index in [0.717, 1.165) is 25.9 Å². The first-order chi connectivity index (χ1) is 10.7. The summed E-state index contributed by atoms with van der Waals surface area (Å²) in [7, 11) is 1.52. The second kappa shape index (κ2) is 7.91. The Morgan fingerprint density at radius 2 is 2.00 bits per heavy atom. The van der Waals surface area contributed by atoms with Crippen LogP contribution in [0.3, 0.4) is 0 Å². The lowest BCUT2D eigenvalue weighted by Gasteiger charge is -2.18. The third kappa shape index (κ3) is 4.05. The van der Waals surface area contributed by atoms with E-state index in [9.17, 15) is 9.59 Å². The van der Waals surface area contributed by atoms with Gasteiger partial charge in [0.25, 0.3) is 5.91 Å². The zero-order valence-corrected chi connectivity index (χ0v) is 12.9. The first kappa shape index (κ1) is 16.5. The number of nitrogens with zero attached hydrogens (tertiary/aromatic N) is 1. The largest absolute Gasteiger partial charge is 0.380 e. The summed E-state index contributed by atoms with van der Waals surface area (Å²) in [5.74, 6) is -0.241. The number of hydrogen-bond donors (Lipinski definition) is 2. The van der Waals surface area contributed by atoms with Crippen LogP contribution in [0.4, 0.5) is 5.69 Å². The van der Waals surface area contributed by atoms with Crippen LogP contribution in [0.2, 0.25) is 0 Å². The van der Waals surface area contributed by atoms with Crippen molar-refractivity contribution in [2.75, 3.05) is 32.1 Å². The molecule has 6 heteroatoms. The molecule has 6 nitrogen and oxygen atoms in total. The standard InChI is InChI=1S/C16H23N3O3/c1-22-12(11-17)10-15(20)18-14-7-3-2-6-13(14)16(21)19-8-4-5-9-19/h2-3,6-7,12H,4-5,8-11,17H2,1H3,(H,18,20). The van der Waals surface area contributed by atoms with E-state index in [1.54, 1.807) is 24.3 Å². The van der Waals surface area contributed by atoms with E-state index in [1.807, 2.05) is 4.90 Å². The van der Waals surface area contributed by atoms with Crippen LogP contribution in [0.1, 0.15) is 29.6 Å². The number of nitrogens with two attached hydrogens (primary N) is 1. The van der Waals surface area contributed by atoms with Gasteiger partial charge in [0.1, 0.15) is 0 Å². The molecule has 0 aromatic heterocycles. The number of likely N-dealkylation sites (tertiary alicyclic amines) is 1. The van der Waals surface area contributed by atoms with Crippen LogP contribution in [-0.4, -0.2) is 49.6 Å². The van der Waals surface area contributed by atoms with E-state index in [4.69, 9.17) is 10.5 Å². The minimum Gasteiger partial charge on any atom is -0.380 e. The van der Waals surface area contributed by atoms with Crippen LogP contribution in [0.15, 0.2) is 24.3 Å². The fourth-order valence-corrected chi connectivity index (χ4v) is 2.54. The van der Waals surface area contributed by atoms with Crippen LogP contribution in [0, 0.1) is 0 Å². The summed E-state index contributed by atoms with van der Waals surface area (Å²) in [4.78, 5) is 26.4. The summed E-state index contributed by atoms with van der Waals surface area (Å²) in [6.07, 6.45) is 1.92. The molecule has 1 aromatic rings. The SMILES string of the molecule is COC(CN)CC(=O)Nc1ccccc1C(=O)N1CCCC1. The third-order valence-corrected chi connectivity index (χ3v) is 3.83. The van der Waals surface area contributed by atoms with Gasteiger partial charge in [-0.2, -0.15) is 0 Å². The average Bonchev–Trinajstić information content (AvgIpc) is 3.07. The Morgan fingerprint density at radius 1 is 1.32 bits per heavy atom. The smallest absolute Gasteiger partial charge is 0.255 e. The van der Waals surface area contributed by atoms with Crippen LogP contribution < -0.4 is 11.1 Å². The van der Waals surface area contributed by atoms with E-state index in [0.29, 0.717) is 11.3 Å². The maximum absolute atomic E-state index is 12.5. The van der Waals surface area contributed by atoms with Gasteiger partial charge in [0, 0.05) is 26.7 Å². The Kier molecular flexibility index (Phi) is 5.91. The van der Waals surface area contributed by atoms with Gasteiger partial charge in [0.05, 0.1) is 23.8 Å². The van der Waals surface area contributed by atoms with Gasteiger partial charge in [0.2, 0.25) is 5.91 Å². The van der Waals surface area contributed by atoms with Crippen molar-refractivity contribution in [2.45, 2.75) is 25.4 Å². The van der Waals surface area contributed by atoms with E-state index in [1.165, 1.54) is 7.11 Å². The number of benzene rings is 1. The Balaban J connectivity index is 2.07. The van der Waals surface area contributed by atoms with Crippen molar-refractivity contribution in [1.82, 2.24) is 4.90 Å². The van der Waals surface area contributed by atoms with Crippen molar-refractivity contribution in [3.63, 3.8) is 0 Å². The molecule has 0 aliphatic carbocycles. The van der Waals surface area contributed by atoms with E-state index < -0.39 is 0 Å². The number of rotatable bonds is 6. The molecule has 1 heterocycles. The molecule has 2 rings (SSSR count). The van der Waals surface area contributed by atoms with Gasteiger partial charge in [-0.15, -0.1) is 0 Å². The number of carbonyl (C=O) groups excluding carboxylic acids is 2. The van der Waals surface area contributed by atoms with Gasteiger partial charge in [-0.3, -0.25) is 9.59 Å². The molecule has 1 aliphatic rings. The predicted molar refractivity (Wildman–Crippen MR) is 84.7 cm³/mol. The number of amides is 2. The molecule has 3 N–H and O–H groups in total. The van der Waals surface area contributed by atoms with Crippen LogP contribution in [0.25, 0.3) is 0 Å². The summed E-state index contributed by atoms with van der Waals surface area (Å²) < 4.78 is 5.11. The second-order valence-electron chi connectivity index (χ2n) is 5.39. The van der Waals surface area contributed by atoms with E-state index in [-0.39, 0.29) is 30.9 Å². The van der Waals surface area contributed by atoms with Crippen molar-refractivity contribution in [2.24, 2.45) is 5.73 Å². The zero-order chi connectivity index (χ0) is 15.9. The molecule has 0 radical (unpaired) electrons. The molecule has 1 aliphatic heterocycles. The molecule has 0 spiro atoms. The average molecular weight is 305 g/mol. The van der Waals surface area contributed by atoms with Gasteiger partial charge in [0.15, 0.2) is 0 Å². The summed E-state index contributed by atoms with van der Waals surface area (Å²) in [6.45, 7) is 1.83. The van der Waals surface area contributed by atoms with Gasteiger partial charge < -0.3 is 20.7 Å². The van der Waals surface area contributed by atoms with Gasteiger partial charge >= 0.3 is 0 Å². The fraction of sp³-hybridized carbons (Fsp3) is 0.500. The lowest BCUT2D eigenvalue weighted by atomic mass is 10.1. The first-order valence-corrected chi connectivity index (χ1v) is 7.56. The molecule has 0 bridgehead atoms. The van der Waals surface area contributed by atoms with Crippen molar-refractivity contribution >= 4 is 17.5 Å². The van der Waals surface area contributed by atoms with E-state index >= 15 is 0 Å². The van der Waals surface area contributed by atoms with Crippen LogP contribution >= 0.6 is 0 Å². The molecule has 2 amide bonds. The van der Waals surface area contributed by atoms with Crippen LogP contribution in [0.5, 0.6) is 0 Å². The van der Waals surface area contributed by atoms with Gasteiger partial charge in [-0.25, -0.2) is 0 Å². The van der Waals surface area contributed by atoms with Crippen molar-refractivity contribution in [3.05, 3.63) is 29.8 Å². The third-order valence-electron chi connectivity index (χ3n) is 3.83. The zero-order valence-electron chi connectivity index (χ0n) is 12.9. The van der Waals surface area contributed by atoms with Crippen LogP contribution in [-0.2, 0) is 9.53 Å². The number of para-hydroxylation sites is 1. The Labute approximate surface area is 130 Å². The molecule has 1 atom stereocenters. The summed E-state index contributed by atoms with van der Waals surface area (Å²) in [6, 6.07) is 7.09. The number of carbonyl (C=O) groups is 2. The number of hydrogen-bond acceptors (Lipinski definition) is 4. The Bertz CT molecular complexity index is 523. The quantitative estimate of drug-likeness (QED) is 0.827. The lowest BCUT2D eigenvalue weighted by molar-refractivity contribution is -0.118. The monoisotopic (exact) mass is 305 g/mol. The highest BCUT2D eigenvalue weighted by atomic mass is 16.5. The Hall–Kier alpha value is -1.92. The molecular weight excluding hydrogens is 282 g/mol. The number of nitrogens with one attached hydrogen (secondary N) is 1. The summed E-state index contributed by atoms with van der Waals surface area (Å²) >= 11 is 0. The molecule has 120 valence electrons. The number of anilines is 1. The summed E-state index contributed by atoms with van der Waals surface area (Å²) in [5.41, 5.74) is 6.59. The molecule has 1 fully saturated rings. The van der Waals surface area contributed by atoms with Crippen molar-refractivity contribution in [3.8, 4) is 0 Å². The predicted octanol–water partition coefficient (Wildman–Crippen LogP) is 1.22. The molecular formula is C16H23N3O3. The fourth-order valence-electron chi connectivity index (χ4n) is 2.54. The molecule has 1 saturated heterocycles.